The second-order valence-electron chi connectivity index (χ2n) is 8.46. The standard InChI is InChI=1S/C23H24F4N6O2/c24-20-16(23(25,26)27)4-2-5-17(20)35-15-7-10-22(11-8-15,21(34)32-28)13-14-3-1-6-18(30-14)31-19-9-12-29-33-19/h1-6,9,12,15H,7-8,10-11,13,28H2,(H,32,34)(H2,29,30,31,33)/t15-,22-. The first-order chi connectivity index (χ1) is 16.7. The zero-order valence-electron chi connectivity index (χ0n) is 18.5. The van der Waals surface area contributed by atoms with Gasteiger partial charge in [-0.2, -0.15) is 18.3 Å². The monoisotopic (exact) mass is 492 g/mol. The van der Waals surface area contributed by atoms with Gasteiger partial charge in [0.1, 0.15) is 5.82 Å². The molecule has 186 valence electrons. The van der Waals surface area contributed by atoms with E-state index in [2.05, 4.69) is 25.9 Å². The summed E-state index contributed by atoms with van der Waals surface area (Å²) >= 11 is 0. The molecular weight excluding hydrogens is 468 g/mol. The molecule has 1 fully saturated rings. The second-order valence-corrected chi connectivity index (χ2v) is 8.46. The SMILES string of the molecule is NNC(=O)[C@]1(Cc2cccc(Nc3cc[nH]n3)n2)CC[C@@H](Oc2cccc(C(F)(F)F)c2F)CC1. The third-order valence-electron chi connectivity index (χ3n) is 6.15. The van der Waals surface area contributed by atoms with E-state index in [1.54, 1.807) is 30.5 Å². The fourth-order valence-electron chi connectivity index (χ4n) is 4.35. The summed E-state index contributed by atoms with van der Waals surface area (Å²) in [7, 11) is 0. The number of rotatable bonds is 7. The molecule has 35 heavy (non-hydrogen) atoms. The van der Waals surface area contributed by atoms with Gasteiger partial charge in [0.15, 0.2) is 17.4 Å². The van der Waals surface area contributed by atoms with Crippen molar-refractivity contribution in [3.8, 4) is 5.75 Å². The molecule has 0 atom stereocenters. The molecular formula is C23H24F4N6O2. The molecule has 5 N–H and O–H groups in total. The molecule has 1 aliphatic rings. The van der Waals surface area contributed by atoms with Crippen molar-refractivity contribution in [1.29, 1.82) is 0 Å². The van der Waals surface area contributed by atoms with Crippen LogP contribution in [-0.2, 0) is 17.4 Å². The molecule has 1 saturated carbocycles. The van der Waals surface area contributed by atoms with Crippen LogP contribution in [0.1, 0.15) is 36.9 Å². The van der Waals surface area contributed by atoms with E-state index in [0.717, 1.165) is 6.07 Å². The third-order valence-corrected chi connectivity index (χ3v) is 6.15. The number of hydrogen-bond acceptors (Lipinski definition) is 6. The highest BCUT2D eigenvalue weighted by atomic mass is 19.4. The van der Waals surface area contributed by atoms with Crippen LogP contribution in [0.4, 0.5) is 29.2 Å². The van der Waals surface area contributed by atoms with Gasteiger partial charge < -0.3 is 10.1 Å². The number of halogens is 4. The Bertz CT molecular complexity index is 1160. The summed E-state index contributed by atoms with van der Waals surface area (Å²) in [5.41, 5.74) is 0.605. The summed E-state index contributed by atoms with van der Waals surface area (Å²) in [6.07, 6.45) is -2.09. The van der Waals surface area contributed by atoms with Crippen LogP contribution in [0.5, 0.6) is 5.75 Å². The lowest BCUT2D eigenvalue weighted by Gasteiger charge is -2.38. The molecule has 0 spiro atoms. The number of pyridine rings is 1. The first-order valence-corrected chi connectivity index (χ1v) is 11.0. The lowest BCUT2D eigenvalue weighted by atomic mass is 9.69. The van der Waals surface area contributed by atoms with E-state index in [-0.39, 0.29) is 12.3 Å². The maximum atomic E-state index is 14.4. The number of anilines is 2. The van der Waals surface area contributed by atoms with Crippen LogP contribution in [0.2, 0.25) is 0 Å². The van der Waals surface area contributed by atoms with Crippen LogP contribution in [0.15, 0.2) is 48.7 Å². The highest BCUT2D eigenvalue weighted by molar-refractivity contribution is 5.82. The van der Waals surface area contributed by atoms with E-state index >= 15 is 0 Å². The Hall–Kier alpha value is -3.67. The molecule has 1 amide bonds. The van der Waals surface area contributed by atoms with Crippen molar-refractivity contribution in [2.75, 3.05) is 5.32 Å². The topological polar surface area (TPSA) is 118 Å². The number of nitrogens with zero attached hydrogens (tertiary/aromatic N) is 2. The lowest BCUT2D eigenvalue weighted by Crippen LogP contribution is -2.48. The summed E-state index contributed by atoms with van der Waals surface area (Å²) in [6, 6.07) is 10.0. The fourth-order valence-corrected chi connectivity index (χ4v) is 4.35. The van der Waals surface area contributed by atoms with Gasteiger partial charge in [-0.1, -0.05) is 12.1 Å². The maximum Gasteiger partial charge on any atom is 0.419 e. The number of carbonyl (C=O) groups excluding carboxylic acids is 1. The minimum absolute atomic E-state index is 0.288. The maximum absolute atomic E-state index is 14.4. The van der Waals surface area contributed by atoms with Gasteiger partial charge in [-0.3, -0.25) is 15.3 Å². The van der Waals surface area contributed by atoms with Crippen molar-refractivity contribution in [2.45, 2.75) is 44.4 Å². The summed E-state index contributed by atoms with van der Waals surface area (Å²) < 4.78 is 59.0. The normalized spacial score (nSPS) is 20.3. The van der Waals surface area contributed by atoms with Crippen LogP contribution >= 0.6 is 0 Å². The third kappa shape index (κ3) is 5.53. The number of aromatic nitrogens is 3. The van der Waals surface area contributed by atoms with Crippen molar-refractivity contribution in [2.24, 2.45) is 11.3 Å². The van der Waals surface area contributed by atoms with Crippen molar-refractivity contribution >= 4 is 17.5 Å². The van der Waals surface area contributed by atoms with E-state index < -0.39 is 34.8 Å². The largest absolute Gasteiger partial charge is 0.487 e. The molecule has 0 radical (unpaired) electrons. The summed E-state index contributed by atoms with van der Waals surface area (Å²) in [6.45, 7) is 0. The number of alkyl halides is 3. The Labute approximate surface area is 198 Å². The van der Waals surface area contributed by atoms with Gasteiger partial charge in [0.25, 0.3) is 0 Å². The van der Waals surface area contributed by atoms with Gasteiger partial charge in [-0.25, -0.2) is 15.2 Å². The summed E-state index contributed by atoms with van der Waals surface area (Å²) in [5, 5.41) is 9.77. The zero-order valence-corrected chi connectivity index (χ0v) is 18.5. The predicted octanol–water partition coefficient (Wildman–Crippen LogP) is 4.25. The Kier molecular flexibility index (Phi) is 6.92. The van der Waals surface area contributed by atoms with Crippen molar-refractivity contribution in [3.63, 3.8) is 0 Å². The molecule has 8 nitrogen and oxygen atoms in total. The number of hydrazine groups is 1. The number of nitrogens with two attached hydrogens (primary N) is 1. The van der Waals surface area contributed by atoms with Gasteiger partial charge >= 0.3 is 6.18 Å². The molecule has 0 aliphatic heterocycles. The Balaban J connectivity index is 1.46. The van der Waals surface area contributed by atoms with Gasteiger partial charge in [-0.05, 0) is 49.9 Å². The molecule has 12 heteroatoms. The Morgan fingerprint density at radius 1 is 1.14 bits per heavy atom. The number of benzene rings is 1. The molecule has 1 aromatic carbocycles. The number of carbonyl (C=O) groups is 1. The van der Waals surface area contributed by atoms with Crippen LogP contribution in [0.25, 0.3) is 0 Å². The van der Waals surface area contributed by atoms with Crippen LogP contribution in [0.3, 0.4) is 0 Å². The molecule has 0 saturated heterocycles. The van der Waals surface area contributed by atoms with Crippen molar-refractivity contribution < 1.29 is 27.1 Å². The van der Waals surface area contributed by atoms with E-state index in [0.29, 0.717) is 49.1 Å². The number of hydrogen-bond donors (Lipinski definition) is 4. The molecule has 0 unspecified atom stereocenters. The van der Waals surface area contributed by atoms with Gasteiger partial charge in [-0.15, -0.1) is 0 Å². The fraction of sp³-hybridized carbons (Fsp3) is 0.348. The first-order valence-electron chi connectivity index (χ1n) is 11.0. The Morgan fingerprint density at radius 3 is 2.54 bits per heavy atom. The molecule has 2 heterocycles. The number of H-pyrrole nitrogens is 1. The van der Waals surface area contributed by atoms with E-state index in [1.807, 2.05) is 0 Å². The van der Waals surface area contributed by atoms with Crippen molar-refractivity contribution in [3.05, 3.63) is 65.7 Å². The van der Waals surface area contributed by atoms with Gasteiger partial charge in [0, 0.05) is 24.4 Å². The average molecular weight is 492 g/mol. The van der Waals surface area contributed by atoms with Gasteiger partial charge in [0.2, 0.25) is 5.91 Å². The quantitative estimate of drug-likeness (QED) is 0.170. The van der Waals surface area contributed by atoms with Crippen LogP contribution in [0, 0.1) is 11.2 Å². The highest BCUT2D eigenvalue weighted by Gasteiger charge is 2.43. The average Bonchev–Trinajstić information content (AvgIpc) is 3.33. The van der Waals surface area contributed by atoms with Crippen molar-refractivity contribution in [1.82, 2.24) is 20.6 Å². The number of ether oxygens (including phenoxy) is 1. The molecule has 2 aromatic heterocycles. The summed E-state index contributed by atoms with van der Waals surface area (Å²) in [5.74, 6) is 4.34. The smallest absolute Gasteiger partial charge is 0.419 e. The van der Waals surface area contributed by atoms with Gasteiger partial charge in [0.05, 0.1) is 17.1 Å². The minimum Gasteiger partial charge on any atom is -0.487 e. The second kappa shape index (κ2) is 9.90. The van der Waals surface area contributed by atoms with Crippen LogP contribution in [-0.4, -0.2) is 27.2 Å². The lowest BCUT2D eigenvalue weighted by molar-refractivity contribution is -0.140. The highest BCUT2D eigenvalue weighted by Crippen LogP contribution is 2.42. The van der Waals surface area contributed by atoms with Crippen LogP contribution < -0.4 is 21.3 Å². The predicted molar refractivity (Wildman–Crippen MR) is 119 cm³/mol. The van der Waals surface area contributed by atoms with E-state index in [1.165, 1.54) is 6.07 Å². The zero-order chi connectivity index (χ0) is 25.1. The molecule has 4 rings (SSSR count). The number of nitrogens with one attached hydrogen (secondary N) is 3. The number of aromatic amines is 1. The number of amides is 1. The Morgan fingerprint density at radius 2 is 1.89 bits per heavy atom. The van der Waals surface area contributed by atoms with E-state index in [4.69, 9.17) is 10.6 Å². The molecule has 0 bridgehead atoms. The summed E-state index contributed by atoms with van der Waals surface area (Å²) in [4.78, 5) is 17.4. The first kappa shape index (κ1) is 24.5. The van der Waals surface area contributed by atoms with E-state index in [9.17, 15) is 22.4 Å². The minimum atomic E-state index is -4.82. The molecule has 3 aromatic rings. The molecule has 1 aliphatic carbocycles.